The first-order chi connectivity index (χ1) is 16.5. The van der Waals surface area contributed by atoms with Crippen LogP contribution < -0.4 is 15.4 Å². The molecule has 1 aromatic heterocycles. The summed E-state index contributed by atoms with van der Waals surface area (Å²) >= 11 is 1.14. The average molecular weight is 477 g/mol. The normalized spacial score (nSPS) is 10.5. The zero-order valence-corrected chi connectivity index (χ0v) is 19.1. The molecule has 172 valence electrons. The Morgan fingerprint density at radius 3 is 2.56 bits per heavy atom. The fourth-order valence-electron chi connectivity index (χ4n) is 3.07. The van der Waals surface area contributed by atoms with E-state index in [-0.39, 0.29) is 29.9 Å². The Morgan fingerprint density at radius 2 is 1.76 bits per heavy atom. The number of hydrogen-bond donors (Lipinski definition) is 2. The maximum atomic E-state index is 13.0. The van der Waals surface area contributed by atoms with Crippen molar-refractivity contribution in [3.63, 3.8) is 0 Å². The molecule has 0 radical (unpaired) electrons. The number of para-hydroxylation sites is 1. The summed E-state index contributed by atoms with van der Waals surface area (Å²) in [6.45, 7) is 2.42. The van der Waals surface area contributed by atoms with Crippen molar-refractivity contribution in [2.24, 2.45) is 0 Å². The largest absolute Gasteiger partial charge is 0.486 e. The number of halogens is 1. The maximum Gasteiger partial charge on any atom is 0.286 e. The second kappa shape index (κ2) is 10.7. The van der Waals surface area contributed by atoms with Gasteiger partial charge in [-0.05, 0) is 54.4 Å². The van der Waals surface area contributed by atoms with Crippen LogP contribution in [0.2, 0.25) is 0 Å². The lowest BCUT2D eigenvalue weighted by molar-refractivity contribution is 0.0949. The number of hydrogen-bond acceptors (Lipinski definition) is 6. The Balaban J connectivity index is 1.33. The smallest absolute Gasteiger partial charge is 0.286 e. The van der Waals surface area contributed by atoms with E-state index in [1.807, 2.05) is 31.2 Å². The number of aryl methyl sites for hydroxylation is 1. The van der Waals surface area contributed by atoms with Crippen molar-refractivity contribution in [3.05, 3.63) is 105 Å². The van der Waals surface area contributed by atoms with E-state index in [2.05, 4.69) is 20.8 Å². The van der Waals surface area contributed by atoms with Gasteiger partial charge in [0, 0.05) is 17.8 Å². The lowest BCUT2D eigenvalue weighted by Crippen LogP contribution is -2.23. The molecule has 7 nitrogen and oxygen atoms in total. The Labute approximate surface area is 199 Å². The van der Waals surface area contributed by atoms with Crippen LogP contribution in [0.4, 0.5) is 10.1 Å². The topological polar surface area (TPSA) is 93.2 Å². The maximum absolute atomic E-state index is 13.0. The van der Waals surface area contributed by atoms with Crippen LogP contribution in [-0.2, 0) is 13.2 Å². The summed E-state index contributed by atoms with van der Waals surface area (Å²) in [4.78, 5) is 25.1. The molecule has 34 heavy (non-hydrogen) atoms. The highest BCUT2D eigenvalue weighted by molar-refractivity contribution is 7.13. The molecule has 0 saturated heterocycles. The zero-order chi connectivity index (χ0) is 23.9. The Hall–Kier alpha value is -4.11. The quantitative estimate of drug-likeness (QED) is 0.383. The first-order valence-electron chi connectivity index (χ1n) is 10.4. The van der Waals surface area contributed by atoms with Crippen LogP contribution in [0, 0.1) is 12.7 Å². The van der Waals surface area contributed by atoms with E-state index in [0.717, 1.165) is 28.2 Å². The SMILES string of the molecule is Cc1ccccc1OCc1nnc(C(=O)Nc2cccc(C(=O)NCc3ccc(F)cc3)c2)s1. The third-order valence-electron chi connectivity index (χ3n) is 4.85. The van der Waals surface area contributed by atoms with Gasteiger partial charge in [-0.3, -0.25) is 9.59 Å². The van der Waals surface area contributed by atoms with Crippen molar-refractivity contribution in [1.29, 1.82) is 0 Å². The van der Waals surface area contributed by atoms with Gasteiger partial charge in [0.25, 0.3) is 11.8 Å². The van der Waals surface area contributed by atoms with E-state index in [0.29, 0.717) is 16.3 Å². The fourth-order valence-corrected chi connectivity index (χ4v) is 3.72. The molecule has 0 saturated carbocycles. The van der Waals surface area contributed by atoms with Crippen LogP contribution in [0.15, 0.2) is 72.8 Å². The highest BCUT2D eigenvalue weighted by Crippen LogP contribution is 2.20. The van der Waals surface area contributed by atoms with Gasteiger partial charge >= 0.3 is 0 Å². The van der Waals surface area contributed by atoms with E-state index in [9.17, 15) is 14.0 Å². The van der Waals surface area contributed by atoms with E-state index in [1.165, 1.54) is 12.1 Å². The molecule has 0 unspecified atom stereocenters. The van der Waals surface area contributed by atoms with Gasteiger partial charge in [-0.1, -0.05) is 47.7 Å². The number of carbonyl (C=O) groups excluding carboxylic acids is 2. The summed E-state index contributed by atoms with van der Waals surface area (Å²) in [5.41, 5.74) is 2.61. The number of ether oxygens (including phenoxy) is 1. The zero-order valence-electron chi connectivity index (χ0n) is 18.2. The molecule has 0 fully saturated rings. The first kappa shape index (κ1) is 23.1. The summed E-state index contributed by atoms with van der Waals surface area (Å²) in [6.07, 6.45) is 0. The van der Waals surface area contributed by atoms with Crippen LogP contribution in [0.3, 0.4) is 0 Å². The van der Waals surface area contributed by atoms with Crippen molar-refractivity contribution in [3.8, 4) is 5.75 Å². The number of carbonyl (C=O) groups is 2. The molecule has 0 aliphatic heterocycles. The van der Waals surface area contributed by atoms with Crippen LogP contribution in [0.1, 0.15) is 36.3 Å². The van der Waals surface area contributed by atoms with Crippen molar-refractivity contribution in [2.75, 3.05) is 5.32 Å². The third kappa shape index (κ3) is 6.02. The summed E-state index contributed by atoms with van der Waals surface area (Å²) < 4.78 is 18.8. The summed E-state index contributed by atoms with van der Waals surface area (Å²) in [6, 6.07) is 20.1. The Morgan fingerprint density at radius 1 is 0.971 bits per heavy atom. The highest BCUT2D eigenvalue weighted by atomic mass is 32.1. The third-order valence-corrected chi connectivity index (χ3v) is 5.75. The summed E-state index contributed by atoms with van der Waals surface area (Å²) in [7, 11) is 0. The number of amides is 2. The second-order valence-corrected chi connectivity index (χ2v) is 8.46. The van der Waals surface area contributed by atoms with Crippen molar-refractivity contribution in [2.45, 2.75) is 20.1 Å². The molecule has 3 aromatic carbocycles. The Bertz CT molecular complexity index is 1310. The standard InChI is InChI=1S/C25H21FN4O3S/c1-16-5-2-3-8-21(16)33-15-22-29-30-25(34-22)24(32)28-20-7-4-6-18(13-20)23(31)27-14-17-9-11-19(26)12-10-17/h2-13H,14-15H2,1H3,(H,27,31)(H,28,32). The number of benzene rings is 3. The molecule has 0 atom stereocenters. The van der Waals surface area contributed by atoms with Crippen LogP contribution in [0.5, 0.6) is 5.75 Å². The lowest BCUT2D eigenvalue weighted by Gasteiger charge is -2.08. The number of aromatic nitrogens is 2. The molecule has 4 rings (SSSR count). The molecule has 2 amide bonds. The second-order valence-electron chi connectivity index (χ2n) is 7.40. The summed E-state index contributed by atoms with van der Waals surface area (Å²) in [5, 5.41) is 14.2. The molecule has 0 aliphatic rings. The fraction of sp³-hybridized carbons (Fsp3) is 0.120. The van der Waals surface area contributed by atoms with E-state index in [4.69, 9.17) is 4.74 Å². The average Bonchev–Trinajstić information content (AvgIpc) is 3.32. The monoisotopic (exact) mass is 476 g/mol. The van der Waals surface area contributed by atoms with Gasteiger partial charge in [0.15, 0.2) is 5.01 Å². The van der Waals surface area contributed by atoms with Gasteiger partial charge in [-0.25, -0.2) is 4.39 Å². The first-order valence-corrected chi connectivity index (χ1v) is 11.2. The van der Waals surface area contributed by atoms with E-state index in [1.54, 1.807) is 36.4 Å². The van der Waals surface area contributed by atoms with E-state index >= 15 is 0 Å². The number of rotatable bonds is 8. The molecule has 4 aromatic rings. The van der Waals surface area contributed by atoms with Gasteiger partial charge in [-0.2, -0.15) is 0 Å². The number of anilines is 1. The molecule has 2 N–H and O–H groups in total. The predicted molar refractivity (Wildman–Crippen MR) is 127 cm³/mol. The molecular weight excluding hydrogens is 455 g/mol. The lowest BCUT2D eigenvalue weighted by atomic mass is 10.1. The number of nitrogens with zero attached hydrogens (tertiary/aromatic N) is 2. The van der Waals surface area contributed by atoms with Gasteiger partial charge in [0.05, 0.1) is 0 Å². The minimum Gasteiger partial charge on any atom is -0.486 e. The molecule has 0 aliphatic carbocycles. The summed E-state index contributed by atoms with van der Waals surface area (Å²) in [5.74, 6) is -0.325. The van der Waals surface area contributed by atoms with Crippen molar-refractivity contribution >= 4 is 28.8 Å². The highest BCUT2D eigenvalue weighted by Gasteiger charge is 2.15. The molecule has 9 heteroatoms. The van der Waals surface area contributed by atoms with Crippen LogP contribution in [-0.4, -0.2) is 22.0 Å². The van der Waals surface area contributed by atoms with Gasteiger partial charge in [0.1, 0.15) is 18.2 Å². The van der Waals surface area contributed by atoms with Crippen LogP contribution in [0.25, 0.3) is 0 Å². The number of nitrogens with one attached hydrogen (secondary N) is 2. The molecular formula is C25H21FN4O3S. The van der Waals surface area contributed by atoms with Crippen molar-refractivity contribution < 1.29 is 18.7 Å². The molecule has 0 bridgehead atoms. The van der Waals surface area contributed by atoms with Gasteiger partial charge in [-0.15, -0.1) is 10.2 Å². The predicted octanol–water partition coefficient (Wildman–Crippen LogP) is 4.75. The van der Waals surface area contributed by atoms with E-state index < -0.39 is 5.91 Å². The van der Waals surface area contributed by atoms with Crippen molar-refractivity contribution in [1.82, 2.24) is 15.5 Å². The Kier molecular flexibility index (Phi) is 7.24. The van der Waals surface area contributed by atoms with Crippen LogP contribution >= 0.6 is 11.3 Å². The van der Waals surface area contributed by atoms with Gasteiger partial charge in [0.2, 0.25) is 5.01 Å². The molecule has 1 heterocycles. The van der Waals surface area contributed by atoms with Gasteiger partial charge < -0.3 is 15.4 Å². The minimum absolute atomic E-state index is 0.189. The minimum atomic E-state index is -0.427. The molecule has 0 spiro atoms.